The third kappa shape index (κ3) is 2.92. The van der Waals surface area contributed by atoms with E-state index < -0.39 is 0 Å². The van der Waals surface area contributed by atoms with Gasteiger partial charge in [0.25, 0.3) is 0 Å². The van der Waals surface area contributed by atoms with Gasteiger partial charge in [0.05, 0.1) is 23.0 Å². The van der Waals surface area contributed by atoms with Gasteiger partial charge in [0, 0.05) is 11.4 Å². The van der Waals surface area contributed by atoms with Gasteiger partial charge in [-0.2, -0.15) is 0 Å². The lowest BCUT2D eigenvalue weighted by atomic mass is 10.2. The summed E-state index contributed by atoms with van der Waals surface area (Å²) in [7, 11) is 0. The van der Waals surface area contributed by atoms with Crippen LogP contribution < -0.4 is 5.32 Å². The molecule has 1 fully saturated rings. The molecule has 1 saturated heterocycles. The van der Waals surface area contributed by atoms with Gasteiger partial charge in [0.15, 0.2) is 0 Å². The molecule has 74 valence electrons. The summed E-state index contributed by atoms with van der Waals surface area (Å²) >= 11 is 5.22. The summed E-state index contributed by atoms with van der Waals surface area (Å²) in [4.78, 5) is 1.35. The maximum Gasteiger partial charge on any atom is 0.0702 e. The zero-order chi connectivity index (χ0) is 8.39. The van der Waals surface area contributed by atoms with Crippen LogP contribution in [0, 0.1) is 0 Å². The van der Waals surface area contributed by atoms with Crippen LogP contribution >= 0.6 is 39.7 Å². The highest BCUT2D eigenvalue weighted by Crippen LogP contribution is 2.28. The Balaban J connectivity index is 0.000000845. The van der Waals surface area contributed by atoms with Gasteiger partial charge >= 0.3 is 0 Å². The highest BCUT2D eigenvalue weighted by Gasteiger charge is 2.16. The summed E-state index contributed by atoms with van der Waals surface area (Å²) in [6.45, 7) is 2.59. The quantitative estimate of drug-likeness (QED) is 0.856. The van der Waals surface area contributed by atoms with Crippen molar-refractivity contribution in [2.24, 2.45) is 0 Å². The van der Waals surface area contributed by atoms with Crippen molar-refractivity contribution in [2.45, 2.75) is 6.04 Å². The van der Waals surface area contributed by atoms with Crippen LogP contribution in [0.1, 0.15) is 10.9 Å². The lowest BCUT2D eigenvalue weighted by Gasteiger charge is -2.22. The van der Waals surface area contributed by atoms with E-state index in [1.807, 2.05) is 0 Å². The minimum atomic E-state index is 0. The highest BCUT2D eigenvalue weighted by atomic mass is 79.9. The average molecular weight is 285 g/mol. The second-order valence-electron chi connectivity index (χ2n) is 2.72. The Bertz CT molecular complexity index is 262. The van der Waals surface area contributed by atoms with E-state index in [-0.39, 0.29) is 12.4 Å². The van der Waals surface area contributed by atoms with E-state index in [9.17, 15) is 0 Å². The fourth-order valence-corrected chi connectivity index (χ4v) is 2.75. The van der Waals surface area contributed by atoms with Crippen LogP contribution in [0.5, 0.6) is 0 Å². The van der Waals surface area contributed by atoms with Crippen molar-refractivity contribution < 1.29 is 4.74 Å². The summed E-state index contributed by atoms with van der Waals surface area (Å²) in [6, 6.07) is 4.62. The summed E-state index contributed by atoms with van der Waals surface area (Å²) in [5.74, 6) is 0. The third-order valence-electron chi connectivity index (χ3n) is 1.86. The number of halogens is 2. The van der Waals surface area contributed by atoms with E-state index in [0.29, 0.717) is 6.04 Å². The number of nitrogens with one attached hydrogen (secondary N) is 1. The fraction of sp³-hybridized carbons (Fsp3) is 0.500. The van der Waals surface area contributed by atoms with Gasteiger partial charge in [-0.25, -0.2) is 0 Å². The number of ether oxygens (including phenoxy) is 1. The SMILES string of the molecule is Brc1ccc([C@@H]2COCCN2)s1.Cl. The predicted octanol–water partition coefficient (Wildman–Crippen LogP) is 2.59. The van der Waals surface area contributed by atoms with Crippen molar-refractivity contribution in [3.05, 3.63) is 20.8 Å². The van der Waals surface area contributed by atoms with Crippen LogP contribution in [0.25, 0.3) is 0 Å². The minimum absolute atomic E-state index is 0. The standard InChI is InChI=1S/C8H10BrNOS.ClH/c9-8-2-1-7(12-8)6-5-11-4-3-10-6;/h1-2,6,10H,3-5H2;1H/t6-;/m0./s1. The first-order valence-corrected chi connectivity index (χ1v) is 5.53. The van der Waals surface area contributed by atoms with Crippen LogP contribution in [0.15, 0.2) is 15.9 Å². The Hall–Kier alpha value is 0.390. The molecular weight excluding hydrogens is 274 g/mol. The van der Waals surface area contributed by atoms with E-state index >= 15 is 0 Å². The molecular formula is C8H11BrClNOS. The Kier molecular flexibility index (Phi) is 4.69. The van der Waals surface area contributed by atoms with Gasteiger partial charge in [-0.3, -0.25) is 0 Å². The highest BCUT2D eigenvalue weighted by molar-refractivity contribution is 9.11. The number of thiophene rings is 1. The first-order valence-electron chi connectivity index (χ1n) is 3.92. The molecule has 0 bridgehead atoms. The van der Waals surface area contributed by atoms with Crippen molar-refractivity contribution in [1.82, 2.24) is 5.32 Å². The first kappa shape index (κ1) is 11.5. The first-order chi connectivity index (χ1) is 5.86. The average Bonchev–Trinajstić information content (AvgIpc) is 2.54. The molecule has 1 atom stereocenters. The Morgan fingerprint density at radius 1 is 1.54 bits per heavy atom. The summed E-state index contributed by atoms with van der Waals surface area (Å²) in [5.41, 5.74) is 0. The van der Waals surface area contributed by atoms with Gasteiger partial charge in [-0.05, 0) is 28.1 Å². The molecule has 2 nitrogen and oxygen atoms in total. The van der Waals surface area contributed by atoms with Crippen LogP contribution in [0.3, 0.4) is 0 Å². The van der Waals surface area contributed by atoms with Gasteiger partial charge in [0.1, 0.15) is 0 Å². The van der Waals surface area contributed by atoms with E-state index in [4.69, 9.17) is 4.74 Å². The molecule has 1 aromatic rings. The third-order valence-corrected chi connectivity index (χ3v) is 3.60. The maximum atomic E-state index is 5.37. The second-order valence-corrected chi connectivity index (χ2v) is 5.22. The largest absolute Gasteiger partial charge is 0.378 e. The summed E-state index contributed by atoms with van der Waals surface area (Å²) in [6.07, 6.45) is 0. The van der Waals surface area contributed by atoms with Crippen LogP contribution in [0.2, 0.25) is 0 Å². The fourth-order valence-electron chi connectivity index (χ4n) is 1.26. The Morgan fingerprint density at radius 2 is 2.38 bits per heavy atom. The molecule has 0 aromatic carbocycles. The van der Waals surface area contributed by atoms with Crippen molar-refractivity contribution in [2.75, 3.05) is 19.8 Å². The monoisotopic (exact) mass is 283 g/mol. The zero-order valence-electron chi connectivity index (χ0n) is 6.96. The molecule has 13 heavy (non-hydrogen) atoms. The lowest BCUT2D eigenvalue weighted by molar-refractivity contribution is 0.0779. The van der Waals surface area contributed by atoms with Gasteiger partial charge < -0.3 is 10.1 Å². The van der Waals surface area contributed by atoms with E-state index in [1.54, 1.807) is 11.3 Å². The summed E-state index contributed by atoms with van der Waals surface area (Å²) in [5, 5.41) is 3.41. The van der Waals surface area contributed by atoms with E-state index in [1.165, 1.54) is 8.66 Å². The molecule has 0 saturated carbocycles. The van der Waals surface area contributed by atoms with Gasteiger partial charge in [-0.15, -0.1) is 23.7 Å². The second kappa shape index (κ2) is 5.32. The number of morpholine rings is 1. The Labute approximate surface area is 96.2 Å². The van der Waals surface area contributed by atoms with E-state index in [0.717, 1.165) is 19.8 Å². The smallest absolute Gasteiger partial charge is 0.0702 e. The van der Waals surface area contributed by atoms with Crippen molar-refractivity contribution in [3.8, 4) is 0 Å². The van der Waals surface area contributed by atoms with Gasteiger partial charge in [0.2, 0.25) is 0 Å². The molecule has 1 N–H and O–H groups in total. The van der Waals surface area contributed by atoms with Crippen LogP contribution in [-0.2, 0) is 4.74 Å². The molecule has 1 aliphatic rings. The molecule has 5 heteroatoms. The maximum absolute atomic E-state index is 5.37. The molecule has 0 spiro atoms. The molecule has 1 aromatic heterocycles. The predicted molar refractivity (Wildman–Crippen MR) is 60.8 cm³/mol. The molecule has 0 aliphatic carbocycles. The minimum Gasteiger partial charge on any atom is -0.378 e. The molecule has 0 amide bonds. The lowest BCUT2D eigenvalue weighted by Crippen LogP contribution is -2.33. The number of hydrogen-bond acceptors (Lipinski definition) is 3. The molecule has 1 aliphatic heterocycles. The normalized spacial score (nSPS) is 22.4. The zero-order valence-corrected chi connectivity index (χ0v) is 10.2. The number of rotatable bonds is 1. The molecule has 0 unspecified atom stereocenters. The van der Waals surface area contributed by atoms with Crippen molar-refractivity contribution >= 4 is 39.7 Å². The molecule has 0 radical (unpaired) electrons. The Morgan fingerprint density at radius 3 is 2.92 bits per heavy atom. The molecule has 2 heterocycles. The van der Waals surface area contributed by atoms with Crippen LogP contribution in [0.4, 0.5) is 0 Å². The molecule has 2 rings (SSSR count). The topological polar surface area (TPSA) is 21.3 Å². The van der Waals surface area contributed by atoms with Crippen molar-refractivity contribution in [1.29, 1.82) is 0 Å². The number of hydrogen-bond donors (Lipinski definition) is 1. The van der Waals surface area contributed by atoms with Crippen molar-refractivity contribution in [3.63, 3.8) is 0 Å². The van der Waals surface area contributed by atoms with Gasteiger partial charge in [-0.1, -0.05) is 0 Å². The van der Waals surface area contributed by atoms with E-state index in [2.05, 4.69) is 33.4 Å². The summed E-state index contributed by atoms with van der Waals surface area (Å²) < 4.78 is 6.56. The van der Waals surface area contributed by atoms with Crippen LogP contribution in [-0.4, -0.2) is 19.8 Å².